The number of anilines is 4. The predicted molar refractivity (Wildman–Crippen MR) is 146 cm³/mol. The number of amides is 3. The van der Waals surface area contributed by atoms with Crippen molar-refractivity contribution in [2.75, 3.05) is 20.7 Å². The molecule has 0 heterocycles. The number of nitrogens with one attached hydrogen (secondary N) is 4. The van der Waals surface area contributed by atoms with Gasteiger partial charge in [-0.05, 0) is 54.6 Å². The number of hydrogen-bond donors (Lipinski definition) is 4. The summed E-state index contributed by atoms with van der Waals surface area (Å²) in [6.45, 7) is 9.50. The van der Waals surface area contributed by atoms with E-state index in [9.17, 15) is 18.6 Å². The first-order valence-electron chi connectivity index (χ1n) is 11.5. The van der Waals surface area contributed by atoms with E-state index in [1.54, 1.807) is 72.8 Å². The van der Waals surface area contributed by atoms with Gasteiger partial charge in [-0.2, -0.15) is 0 Å². The van der Waals surface area contributed by atoms with Gasteiger partial charge in [-0.25, -0.2) is 4.21 Å². The topological polar surface area (TPSA) is 116 Å². The van der Waals surface area contributed by atoms with Crippen LogP contribution in [0.1, 0.15) is 45.0 Å². The van der Waals surface area contributed by atoms with E-state index in [4.69, 9.17) is 0 Å². The molecule has 0 saturated carbocycles. The van der Waals surface area contributed by atoms with Gasteiger partial charge in [0, 0.05) is 22.5 Å². The van der Waals surface area contributed by atoms with Crippen molar-refractivity contribution < 1.29 is 18.6 Å². The smallest absolute Gasteiger partial charge is 0.257 e. The molecule has 0 fully saturated rings. The highest BCUT2D eigenvalue weighted by Crippen LogP contribution is 2.22. The summed E-state index contributed by atoms with van der Waals surface area (Å²) < 4.78 is 15.7. The Morgan fingerprint density at radius 2 is 1.44 bits per heavy atom. The number of para-hydroxylation sites is 1. The third kappa shape index (κ3) is 8.06. The van der Waals surface area contributed by atoms with Crippen LogP contribution in [0.5, 0.6) is 0 Å². The van der Waals surface area contributed by atoms with Crippen LogP contribution >= 0.6 is 0 Å². The van der Waals surface area contributed by atoms with Crippen LogP contribution in [0.25, 0.3) is 0 Å². The Hall–Kier alpha value is -3.98. The molecule has 0 bridgehead atoms. The Bertz CT molecular complexity index is 1220. The largest absolute Gasteiger partial charge is 0.328 e. The van der Waals surface area contributed by atoms with E-state index < -0.39 is 22.3 Å². The molecule has 3 aromatic carbocycles. The Morgan fingerprint density at radius 3 is 2.08 bits per heavy atom. The van der Waals surface area contributed by atoms with Crippen molar-refractivity contribution in [1.29, 1.82) is 0 Å². The maximum atomic E-state index is 12.8. The first-order valence-corrected chi connectivity index (χ1v) is 12.6. The highest BCUT2D eigenvalue weighted by atomic mass is 32.2. The van der Waals surface area contributed by atoms with Crippen molar-refractivity contribution in [2.45, 2.75) is 39.5 Å². The summed E-state index contributed by atoms with van der Waals surface area (Å²) in [6.07, 6.45) is 0.507. The molecule has 0 aliphatic carbocycles. The molecule has 1 unspecified atom stereocenters. The van der Waals surface area contributed by atoms with E-state index in [0.29, 0.717) is 39.6 Å². The summed E-state index contributed by atoms with van der Waals surface area (Å²) in [5.41, 5.74) is 1.89. The highest BCUT2D eigenvalue weighted by molar-refractivity contribution is 7.86. The maximum Gasteiger partial charge on any atom is 0.257 e. The minimum absolute atomic E-state index is 0.0970. The third-order valence-corrected chi connectivity index (χ3v) is 5.83. The molecule has 4 N–H and O–H groups in total. The maximum absolute atomic E-state index is 12.8. The molecule has 3 amide bonds. The molecular formula is C27H32N4O4S. The van der Waals surface area contributed by atoms with E-state index in [0.717, 1.165) is 0 Å². The van der Waals surface area contributed by atoms with E-state index in [1.165, 1.54) is 0 Å². The second kappa shape index (κ2) is 13.2. The summed E-state index contributed by atoms with van der Waals surface area (Å²) >= 11 is 0. The van der Waals surface area contributed by atoms with Crippen LogP contribution < -0.4 is 20.7 Å². The van der Waals surface area contributed by atoms with Crippen LogP contribution in [0.2, 0.25) is 0 Å². The summed E-state index contributed by atoms with van der Waals surface area (Å²) in [5, 5.41) is 8.09. The lowest BCUT2D eigenvalue weighted by Crippen LogP contribution is -2.27. The minimum Gasteiger partial charge on any atom is -0.328 e. The zero-order valence-electron chi connectivity index (χ0n) is 21.0. The van der Waals surface area contributed by atoms with Crippen molar-refractivity contribution in [3.63, 3.8) is 0 Å². The van der Waals surface area contributed by atoms with E-state index in [1.807, 2.05) is 34.6 Å². The Kier molecular flexibility index (Phi) is 10.4. The number of carbonyl (C=O) groups is 3. The van der Waals surface area contributed by atoms with Crippen molar-refractivity contribution in [1.82, 2.24) is 0 Å². The van der Waals surface area contributed by atoms with Crippen molar-refractivity contribution in [2.24, 2.45) is 5.41 Å². The summed E-state index contributed by atoms with van der Waals surface area (Å²) in [7, 11) is -1.59. The predicted octanol–water partition coefficient (Wildman–Crippen LogP) is 5.65. The van der Waals surface area contributed by atoms with Gasteiger partial charge in [-0.3, -0.25) is 14.4 Å². The minimum atomic E-state index is -1.59. The van der Waals surface area contributed by atoms with Gasteiger partial charge < -0.3 is 20.7 Å². The molecular weight excluding hydrogens is 476 g/mol. The average molecular weight is 509 g/mol. The lowest BCUT2D eigenvalue weighted by atomic mass is 9.95. The summed E-state index contributed by atoms with van der Waals surface area (Å²) in [6, 6.07) is 20.2. The highest BCUT2D eigenvalue weighted by Gasteiger charge is 2.21. The van der Waals surface area contributed by atoms with Gasteiger partial charge in [0.25, 0.3) is 5.91 Å². The number of benzene rings is 3. The zero-order chi connectivity index (χ0) is 26.7. The lowest BCUT2D eigenvalue weighted by molar-refractivity contribution is -0.123. The Labute approximate surface area is 214 Å². The first kappa shape index (κ1) is 28.3. The fraction of sp³-hybridized carbons (Fsp3) is 0.222. The normalized spacial score (nSPS) is 11.2. The molecule has 9 heteroatoms. The Morgan fingerprint density at radius 1 is 0.806 bits per heavy atom. The molecule has 0 radical (unpaired) electrons. The van der Waals surface area contributed by atoms with Gasteiger partial charge in [0.1, 0.15) is 11.0 Å². The molecule has 1 atom stereocenters. The molecule has 0 aliphatic heterocycles. The second-order valence-corrected chi connectivity index (χ2v) is 9.65. The van der Waals surface area contributed by atoms with Crippen molar-refractivity contribution in [3.05, 3.63) is 78.4 Å². The fourth-order valence-electron chi connectivity index (χ4n) is 2.86. The molecule has 0 aromatic heterocycles. The standard InChI is InChI=1S/C25H26N4O4S.C2H6/c1-25(2,3)24(32)28-17-11-13-18(14-12-17)29-34(33)20-8-6-7-19(15-20)27-23(31)21-9-4-5-10-22(21)26-16-30;1-2/h4-16,29H,1-3H3,(H,26,30)(H,27,31)(H,28,32);1-2H3. The molecule has 36 heavy (non-hydrogen) atoms. The zero-order valence-corrected chi connectivity index (χ0v) is 21.9. The van der Waals surface area contributed by atoms with Gasteiger partial charge in [0.05, 0.1) is 16.1 Å². The molecule has 3 aromatic rings. The second-order valence-electron chi connectivity index (χ2n) is 8.44. The molecule has 3 rings (SSSR count). The molecule has 190 valence electrons. The van der Waals surface area contributed by atoms with Gasteiger partial charge in [-0.15, -0.1) is 0 Å². The Balaban J connectivity index is 0.00000222. The van der Waals surface area contributed by atoms with Crippen LogP contribution in [0.15, 0.2) is 77.7 Å². The van der Waals surface area contributed by atoms with E-state index in [-0.39, 0.29) is 5.91 Å². The van der Waals surface area contributed by atoms with E-state index in [2.05, 4.69) is 20.7 Å². The van der Waals surface area contributed by atoms with Gasteiger partial charge in [0.2, 0.25) is 12.3 Å². The van der Waals surface area contributed by atoms with Crippen LogP contribution in [-0.4, -0.2) is 22.4 Å². The molecule has 0 spiro atoms. The van der Waals surface area contributed by atoms with E-state index >= 15 is 0 Å². The number of hydrogen-bond acceptors (Lipinski definition) is 4. The molecule has 8 nitrogen and oxygen atoms in total. The number of rotatable bonds is 8. The first-order chi connectivity index (χ1) is 17.2. The lowest BCUT2D eigenvalue weighted by Gasteiger charge is -2.17. The van der Waals surface area contributed by atoms with Crippen molar-refractivity contribution >= 4 is 52.0 Å². The summed E-state index contributed by atoms with van der Waals surface area (Å²) in [5.74, 6) is -0.506. The summed E-state index contributed by atoms with van der Waals surface area (Å²) in [4.78, 5) is 36.0. The van der Waals surface area contributed by atoms with Crippen molar-refractivity contribution in [3.8, 4) is 0 Å². The van der Waals surface area contributed by atoms with Gasteiger partial charge >= 0.3 is 0 Å². The molecule has 0 aliphatic rings. The fourth-order valence-corrected chi connectivity index (χ4v) is 3.77. The monoisotopic (exact) mass is 508 g/mol. The van der Waals surface area contributed by atoms with Crippen LogP contribution in [0.3, 0.4) is 0 Å². The average Bonchev–Trinajstić information content (AvgIpc) is 2.86. The molecule has 0 saturated heterocycles. The third-order valence-electron chi connectivity index (χ3n) is 4.73. The van der Waals surface area contributed by atoms with Crippen LogP contribution in [0.4, 0.5) is 22.7 Å². The van der Waals surface area contributed by atoms with Gasteiger partial charge in [0.15, 0.2) is 0 Å². The van der Waals surface area contributed by atoms with Crippen LogP contribution in [-0.2, 0) is 20.6 Å². The van der Waals surface area contributed by atoms with Crippen LogP contribution in [0, 0.1) is 5.41 Å². The number of carbonyl (C=O) groups excluding carboxylic acids is 3. The van der Waals surface area contributed by atoms with Gasteiger partial charge in [-0.1, -0.05) is 52.8 Å². The SMILES string of the molecule is CC.CC(C)(C)C(=O)Nc1ccc(NS(=O)c2cccc(NC(=O)c3ccccc3NC=O)c2)cc1. The quantitative estimate of drug-likeness (QED) is 0.294.